The average molecular weight is 276 g/mol. The molecule has 0 heterocycles. The van der Waals surface area contributed by atoms with Gasteiger partial charge in [-0.1, -0.05) is 13.0 Å². The Bertz CT molecular complexity index is 427. The first kappa shape index (κ1) is 16.3. The van der Waals surface area contributed by atoms with Crippen molar-refractivity contribution in [2.75, 3.05) is 20.3 Å². The van der Waals surface area contributed by atoms with Gasteiger partial charge < -0.3 is 14.8 Å². The fourth-order valence-corrected chi connectivity index (χ4v) is 1.84. The molecule has 0 aliphatic rings. The van der Waals surface area contributed by atoms with Gasteiger partial charge in [-0.25, -0.2) is 0 Å². The molecular formula is C16H24N2O2. The van der Waals surface area contributed by atoms with Crippen molar-refractivity contribution in [1.82, 2.24) is 5.32 Å². The summed E-state index contributed by atoms with van der Waals surface area (Å²) in [5, 5.41) is 11.8. The van der Waals surface area contributed by atoms with Crippen LogP contribution in [-0.4, -0.2) is 20.3 Å². The number of methoxy groups -OCH3 is 1. The SMILES string of the molecule is CCCOc1ccc(CNCCCCC#N)cc1OC. The van der Waals surface area contributed by atoms with E-state index >= 15 is 0 Å². The summed E-state index contributed by atoms with van der Waals surface area (Å²) < 4.78 is 11.0. The Kier molecular flexibility index (Phi) is 8.25. The van der Waals surface area contributed by atoms with Crippen molar-refractivity contribution in [1.29, 1.82) is 5.26 Å². The summed E-state index contributed by atoms with van der Waals surface area (Å²) in [6.45, 7) is 4.51. The molecule has 0 aromatic heterocycles. The number of benzene rings is 1. The Morgan fingerprint density at radius 1 is 1.25 bits per heavy atom. The van der Waals surface area contributed by atoms with Crippen LogP contribution in [0, 0.1) is 11.3 Å². The van der Waals surface area contributed by atoms with Crippen LogP contribution in [-0.2, 0) is 6.54 Å². The zero-order valence-corrected chi connectivity index (χ0v) is 12.4. The molecule has 0 radical (unpaired) electrons. The summed E-state index contributed by atoms with van der Waals surface area (Å²) >= 11 is 0. The molecule has 0 atom stereocenters. The van der Waals surface area contributed by atoms with E-state index < -0.39 is 0 Å². The van der Waals surface area contributed by atoms with Crippen molar-refractivity contribution in [3.8, 4) is 17.6 Å². The molecule has 20 heavy (non-hydrogen) atoms. The number of ether oxygens (including phenoxy) is 2. The van der Waals surface area contributed by atoms with Crippen molar-refractivity contribution in [2.45, 2.75) is 39.2 Å². The van der Waals surface area contributed by atoms with Gasteiger partial charge >= 0.3 is 0 Å². The second-order valence-corrected chi connectivity index (χ2v) is 4.63. The number of nitrogens with one attached hydrogen (secondary N) is 1. The molecule has 0 aliphatic heterocycles. The highest BCUT2D eigenvalue weighted by atomic mass is 16.5. The van der Waals surface area contributed by atoms with Crippen molar-refractivity contribution in [3.63, 3.8) is 0 Å². The Hall–Kier alpha value is -1.73. The maximum atomic E-state index is 8.45. The van der Waals surface area contributed by atoms with Gasteiger partial charge in [-0.2, -0.15) is 5.26 Å². The lowest BCUT2D eigenvalue weighted by atomic mass is 10.2. The van der Waals surface area contributed by atoms with Gasteiger partial charge in [-0.05, 0) is 43.5 Å². The number of unbranched alkanes of at least 4 members (excludes halogenated alkanes) is 2. The third-order valence-corrected chi connectivity index (χ3v) is 2.91. The lowest BCUT2D eigenvalue weighted by Crippen LogP contribution is -2.14. The number of nitriles is 1. The minimum atomic E-state index is 0.638. The molecule has 0 unspecified atom stereocenters. The highest BCUT2D eigenvalue weighted by Crippen LogP contribution is 2.28. The van der Waals surface area contributed by atoms with Crippen LogP contribution >= 0.6 is 0 Å². The quantitative estimate of drug-likeness (QED) is 0.666. The molecule has 0 fully saturated rings. The van der Waals surface area contributed by atoms with Crippen molar-refractivity contribution >= 4 is 0 Å². The van der Waals surface area contributed by atoms with Gasteiger partial charge in [0.05, 0.1) is 19.8 Å². The van der Waals surface area contributed by atoms with Crippen LogP contribution in [0.4, 0.5) is 0 Å². The first-order valence-electron chi connectivity index (χ1n) is 7.19. The highest BCUT2D eigenvalue weighted by molar-refractivity contribution is 5.42. The van der Waals surface area contributed by atoms with Crippen LogP contribution < -0.4 is 14.8 Å². The first-order valence-corrected chi connectivity index (χ1v) is 7.19. The summed E-state index contributed by atoms with van der Waals surface area (Å²) in [4.78, 5) is 0. The van der Waals surface area contributed by atoms with Crippen LogP contribution in [0.3, 0.4) is 0 Å². The molecule has 1 N–H and O–H groups in total. The second-order valence-electron chi connectivity index (χ2n) is 4.63. The predicted octanol–water partition coefficient (Wildman–Crippen LogP) is 3.27. The Morgan fingerprint density at radius 2 is 2.10 bits per heavy atom. The molecule has 0 aliphatic carbocycles. The van der Waals surface area contributed by atoms with E-state index in [0.29, 0.717) is 13.0 Å². The third-order valence-electron chi connectivity index (χ3n) is 2.91. The zero-order valence-electron chi connectivity index (χ0n) is 12.4. The van der Waals surface area contributed by atoms with Gasteiger partial charge in [-0.15, -0.1) is 0 Å². The minimum Gasteiger partial charge on any atom is -0.493 e. The Balaban J connectivity index is 2.41. The van der Waals surface area contributed by atoms with Crippen molar-refractivity contribution < 1.29 is 9.47 Å². The van der Waals surface area contributed by atoms with Crippen LogP contribution in [0.2, 0.25) is 0 Å². The summed E-state index contributed by atoms with van der Waals surface area (Å²) in [5.41, 5.74) is 1.17. The zero-order chi connectivity index (χ0) is 14.6. The van der Waals surface area contributed by atoms with Gasteiger partial charge in [0.1, 0.15) is 0 Å². The van der Waals surface area contributed by atoms with Gasteiger partial charge in [0.25, 0.3) is 0 Å². The fraction of sp³-hybridized carbons (Fsp3) is 0.562. The topological polar surface area (TPSA) is 54.3 Å². The molecule has 4 nitrogen and oxygen atoms in total. The fourth-order valence-electron chi connectivity index (χ4n) is 1.84. The van der Waals surface area contributed by atoms with Crippen molar-refractivity contribution in [2.24, 2.45) is 0 Å². The first-order chi connectivity index (χ1) is 9.81. The van der Waals surface area contributed by atoms with Gasteiger partial charge in [-0.3, -0.25) is 0 Å². The lowest BCUT2D eigenvalue weighted by molar-refractivity contribution is 0.294. The van der Waals surface area contributed by atoms with Crippen LogP contribution in [0.25, 0.3) is 0 Å². The van der Waals surface area contributed by atoms with E-state index in [2.05, 4.69) is 24.4 Å². The van der Waals surface area contributed by atoms with Crippen LogP contribution in [0.15, 0.2) is 18.2 Å². The number of rotatable bonds is 10. The molecule has 110 valence electrons. The molecule has 1 rings (SSSR count). The van der Waals surface area contributed by atoms with E-state index in [1.54, 1.807) is 7.11 Å². The van der Waals surface area contributed by atoms with E-state index in [1.807, 2.05) is 12.1 Å². The minimum absolute atomic E-state index is 0.638. The van der Waals surface area contributed by atoms with Crippen LogP contribution in [0.1, 0.15) is 38.2 Å². The molecule has 0 saturated heterocycles. The summed E-state index contributed by atoms with van der Waals surface area (Å²) in [5.74, 6) is 1.58. The Labute approximate surface area is 121 Å². The molecule has 1 aromatic carbocycles. The van der Waals surface area contributed by atoms with Crippen LogP contribution in [0.5, 0.6) is 11.5 Å². The number of nitrogens with zero attached hydrogens (tertiary/aromatic N) is 1. The van der Waals surface area contributed by atoms with Gasteiger partial charge in [0.15, 0.2) is 11.5 Å². The molecular weight excluding hydrogens is 252 g/mol. The van der Waals surface area contributed by atoms with E-state index in [1.165, 1.54) is 5.56 Å². The summed E-state index contributed by atoms with van der Waals surface area (Å²) in [6.07, 6.45) is 3.60. The summed E-state index contributed by atoms with van der Waals surface area (Å²) in [6, 6.07) is 8.17. The van der Waals surface area contributed by atoms with E-state index in [4.69, 9.17) is 14.7 Å². The molecule has 0 spiro atoms. The molecule has 0 amide bonds. The maximum Gasteiger partial charge on any atom is 0.161 e. The lowest BCUT2D eigenvalue weighted by Gasteiger charge is -2.12. The number of hydrogen-bond donors (Lipinski definition) is 1. The average Bonchev–Trinajstić information content (AvgIpc) is 2.49. The van der Waals surface area contributed by atoms with E-state index in [9.17, 15) is 0 Å². The molecule has 0 bridgehead atoms. The predicted molar refractivity (Wildman–Crippen MR) is 80.0 cm³/mol. The van der Waals surface area contributed by atoms with Gasteiger partial charge in [0, 0.05) is 13.0 Å². The van der Waals surface area contributed by atoms with Gasteiger partial charge in [0.2, 0.25) is 0 Å². The smallest absolute Gasteiger partial charge is 0.161 e. The standard InChI is InChI=1S/C16H24N2O2/c1-3-11-20-15-8-7-14(12-16(15)19-2)13-18-10-6-4-5-9-17/h7-8,12,18H,3-6,10-11,13H2,1-2H3. The number of hydrogen-bond acceptors (Lipinski definition) is 4. The van der Waals surface area contributed by atoms with E-state index in [-0.39, 0.29) is 0 Å². The van der Waals surface area contributed by atoms with E-state index in [0.717, 1.165) is 43.9 Å². The summed E-state index contributed by atoms with van der Waals surface area (Å²) in [7, 11) is 1.66. The maximum absolute atomic E-state index is 8.45. The molecule has 0 saturated carbocycles. The second kappa shape index (κ2) is 10.1. The largest absolute Gasteiger partial charge is 0.493 e. The molecule has 4 heteroatoms. The molecule has 1 aromatic rings. The highest BCUT2D eigenvalue weighted by Gasteiger charge is 2.05. The third kappa shape index (κ3) is 5.94. The Morgan fingerprint density at radius 3 is 2.80 bits per heavy atom. The normalized spacial score (nSPS) is 10.1. The van der Waals surface area contributed by atoms with Crippen molar-refractivity contribution in [3.05, 3.63) is 23.8 Å². The monoisotopic (exact) mass is 276 g/mol.